The summed E-state index contributed by atoms with van der Waals surface area (Å²) in [7, 11) is 1.50. The van der Waals surface area contributed by atoms with Crippen LogP contribution in [0.1, 0.15) is 15.9 Å². The zero-order chi connectivity index (χ0) is 14.5. The van der Waals surface area contributed by atoms with Gasteiger partial charge < -0.3 is 9.47 Å². The zero-order valence-corrected chi connectivity index (χ0v) is 12.3. The predicted octanol–water partition coefficient (Wildman–Crippen LogP) is 3.99. The lowest BCUT2D eigenvalue weighted by Crippen LogP contribution is -1.99. The van der Waals surface area contributed by atoms with Crippen LogP contribution < -0.4 is 9.47 Å². The van der Waals surface area contributed by atoms with Gasteiger partial charge in [0.1, 0.15) is 18.7 Å². The third-order valence-electron chi connectivity index (χ3n) is 2.72. The molecule has 5 heteroatoms. The van der Waals surface area contributed by atoms with Gasteiger partial charge in [0.05, 0.1) is 7.11 Å². The number of ether oxygens (including phenoxy) is 2. The van der Waals surface area contributed by atoms with Crippen LogP contribution in [0, 0.1) is 5.82 Å². The maximum absolute atomic E-state index is 13.0. The summed E-state index contributed by atoms with van der Waals surface area (Å²) in [6.07, 6.45) is 0.739. The van der Waals surface area contributed by atoms with Gasteiger partial charge in [0.15, 0.2) is 11.5 Å². The number of halogens is 2. The highest BCUT2D eigenvalue weighted by Crippen LogP contribution is 2.29. The minimum absolute atomic E-state index is 0.262. The molecule has 20 heavy (non-hydrogen) atoms. The van der Waals surface area contributed by atoms with E-state index in [1.807, 2.05) is 0 Å². The molecule has 0 unspecified atom stereocenters. The van der Waals surface area contributed by atoms with Gasteiger partial charge in [-0.15, -0.1) is 0 Å². The van der Waals surface area contributed by atoms with Crippen molar-refractivity contribution in [2.24, 2.45) is 0 Å². The van der Waals surface area contributed by atoms with E-state index in [1.54, 1.807) is 24.3 Å². The quantitative estimate of drug-likeness (QED) is 0.773. The molecule has 0 heterocycles. The van der Waals surface area contributed by atoms with Crippen LogP contribution >= 0.6 is 15.9 Å². The summed E-state index contributed by atoms with van der Waals surface area (Å²) < 4.78 is 24.4. The van der Waals surface area contributed by atoms with Crippen LogP contribution in [0.15, 0.2) is 40.9 Å². The second-order valence-electron chi connectivity index (χ2n) is 4.05. The van der Waals surface area contributed by atoms with Crippen LogP contribution in [0.5, 0.6) is 11.5 Å². The third-order valence-corrected chi connectivity index (χ3v) is 3.46. The molecule has 3 nitrogen and oxygen atoms in total. The molecule has 0 fully saturated rings. The molecule has 0 atom stereocenters. The number of carbonyl (C=O) groups excluding carboxylic acids is 1. The van der Waals surface area contributed by atoms with Gasteiger partial charge in [-0.1, -0.05) is 22.0 Å². The molecule has 0 aliphatic rings. The van der Waals surface area contributed by atoms with Crippen LogP contribution in [0.25, 0.3) is 0 Å². The largest absolute Gasteiger partial charge is 0.493 e. The molecular formula is C15H12BrFO3. The number of hydrogen-bond donors (Lipinski definition) is 0. The Balaban J connectivity index is 2.16. The first-order chi connectivity index (χ1) is 9.63. The minimum Gasteiger partial charge on any atom is -0.493 e. The molecule has 0 saturated carbocycles. The number of aldehydes is 1. The second kappa shape index (κ2) is 6.52. The van der Waals surface area contributed by atoms with Crippen molar-refractivity contribution in [2.75, 3.05) is 7.11 Å². The van der Waals surface area contributed by atoms with E-state index < -0.39 is 0 Å². The highest BCUT2D eigenvalue weighted by molar-refractivity contribution is 9.10. The first-order valence-electron chi connectivity index (χ1n) is 5.84. The Morgan fingerprint density at radius 3 is 2.65 bits per heavy atom. The van der Waals surface area contributed by atoms with Crippen molar-refractivity contribution in [3.63, 3.8) is 0 Å². The van der Waals surface area contributed by atoms with E-state index in [4.69, 9.17) is 9.47 Å². The van der Waals surface area contributed by atoms with Crippen molar-refractivity contribution in [2.45, 2.75) is 6.61 Å². The van der Waals surface area contributed by atoms with Crippen LogP contribution in [0.2, 0.25) is 0 Å². The lowest BCUT2D eigenvalue weighted by Gasteiger charge is -2.12. The maximum Gasteiger partial charge on any atom is 0.161 e. The molecule has 0 spiro atoms. The van der Waals surface area contributed by atoms with Gasteiger partial charge in [-0.3, -0.25) is 4.79 Å². The number of benzene rings is 2. The van der Waals surface area contributed by atoms with E-state index in [9.17, 15) is 9.18 Å². The van der Waals surface area contributed by atoms with Gasteiger partial charge in [0.2, 0.25) is 0 Å². The van der Waals surface area contributed by atoms with E-state index in [0.717, 1.165) is 11.8 Å². The normalized spacial score (nSPS) is 10.2. The monoisotopic (exact) mass is 338 g/mol. The fraction of sp³-hybridized carbons (Fsp3) is 0.133. The van der Waals surface area contributed by atoms with E-state index in [1.165, 1.54) is 19.2 Å². The van der Waals surface area contributed by atoms with E-state index in [2.05, 4.69) is 15.9 Å². The molecule has 0 aromatic heterocycles. The molecule has 0 aliphatic carbocycles. The Kier molecular flexibility index (Phi) is 4.74. The summed E-state index contributed by atoms with van der Waals surface area (Å²) in [6.45, 7) is 0.262. The smallest absolute Gasteiger partial charge is 0.161 e. The number of carbonyl (C=O) groups is 1. The van der Waals surface area contributed by atoms with Gasteiger partial charge in [0.25, 0.3) is 0 Å². The minimum atomic E-state index is -0.312. The Morgan fingerprint density at radius 2 is 2.00 bits per heavy atom. The van der Waals surface area contributed by atoms with Gasteiger partial charge in [0, 0.05) is 15.6 Å². The Hall–Kier alpha value is -1.88. The molecule has 0 aliphatic heterocycles. The zero-order valence-electron chi connectivity index (χ0n) is 10.7. The number of rotatable bonds is 5. The van der Waals surface area contributed by atoms with Crippen molar-refractivity contribution >= 4 is 22.2 Å². The fourth-order valence-electron chi connectivity index (χ4n) is 1.67. The van der Waals surface area contributed by atoms with E-state index in [-0.39, 0.29) is 12.4 Å². The maximum atomic E-state index is 13.0. The first kappa shape index (κ1) is 14.5. The van der Waals surface area contributed by atoms with Crippen molar-refractivity contribution in [3.05, 3.63) is 57.8 Å². The van der Waals surface area contributed by atoms with Gasteiger partial charge in [-0.05, 0) is 30.3 Å². The summed E-state index contributed by atoms with van der Waals surface area (Å²) in [5, 5.41) is 0. The Morgan fingerprint density at radius 1 is 1.20 bits per heavy atom. The van der Waals surface area contributed by atoms with Gasteiger partial charge in [-0.25, -0.2) is 4.39 Å². The lowest BCUT2D eigenvalue weighted by molar-refractivity contribution is 0.112. The number of methoxy groups -OCH3 is 1. The summed E-state index contributed by atoms with van der Waals surface area (Å²) in [5.41, 5.74) is 1.32. The third kappa shape index (κ3) is 3.36. The van der Waals surface area contributed by atoms with Gasteiger partial charge >= 0.3 is 0 Å². The van der Waals surface area contributed by atoms with Crippen LogP contribution in [-0.4, -0.2) is 13.4 Å². The summed E-state index contributed by atoms with van der Waals surface area (Å²) in [5.74, 6) is 0.690. The molecule has 0 radical (unpaired) electrons. The molecule has 0 saturated heterocycles. The van der Waals surface area contributed by atoms with Crippen molar-refractivity contribution in [1.29, 1.82) is 0 Å². The van der Waals surface area contributed by atoms with Crippen LogP contribution in [0.3, 0.4) is 0 Å². The molecule has 2 rings (SSSR count). The van der Waals surface area contributed by atoms with Crippen molar-refractivity contribution in [1.82, 2.24) is 0 Å². The molecule has 0 N–H and O–H groups in total. The van der Waals surface area contributed by atoms with Crippen molar-refractivity contribution in [3.8, 4) is 11.5 Å². The molecule has 2 aromatic carbocycles. The summed E-state index contributed by atoms with van der Waals surface area (Å²) >= 11 is 3.28. The molecule has 0 amide bonds. The fourth-order valence-corrected chi connectivity index (χ4v) is 2.14. The van der Waals surface area contributed by atoms with E-state index >= 15 is 0 Å². The standard InChI is InChI=1S/C15H12BrFO3/c1-19-15-6-10(8-18)2-5-14(15)20-9-11-3-4-12(17)7-13(11)16/h2-8H,9H2,1H3. The predicted molar refractivity (Wildman–Crippen MR) is 76.8 cm³/mol. The Bertz CT molecular complexity index is 629. The number of hydrogen-bond acceptors (Lipinski definition) is 3. The lowest BCUT2D eigenvalue weighted by atomic mass is 10.2. The second-order valence-corrected chi connectivity index (χ2v) is 4.91. The molecule has 104 valence electrons. The average Bonchev–Trinajstić information content (AvgIpc) is 2.46. The highest BCUT2D eigenvalue weighted by atomic mass is 79.9. The first-order valence-corrected chi connectivity index (χ1v) is 6.63. The van der Waals surface area contributed by atoms with Crippen molar-refractivity contribution < 1.29 is 18.7 Å². The van der Waals surface area contributed by atoms with Crippen LogP contribution in [0.4, 0.5) is 4.39 Å². The van der Waals surface area contributed by atoms with Crippen LogP contribution in [-0.2, 0) is 6.61 Å². The molecular weight excluding hydrogens is 327 g/mol. The summed E-state index contributed by atoms with van der Waals surface area (Å²) in [4.78, 5) is 10.7. The molecule has 0 bridgehead atoms. The SMILES string of the molecule is COc1cc(C=O)ccc1OCc1ccc(F)cc1Br. The van der Waals surface area contributed by atoms with E-state index in [0.29, 0.717) is 21.5 Å². The van der Waals surface area contributed by atoms with Gasteiger partial charge in [-0.2, -0.15) is 0 Å². The topological polar surface area (TPSA) is 35.5 Å². The average molecular weight is 339 g/mol. The molecule has 2 aromatic rings. The Labute approximate surface area is 124 Å². The summed E-state index contributed by atoms with van der Waals surface area (Å²) in [6, 6.07) is 9.31. The highest BCUT2D eigenvalue weighted by Gasteiger charge is 2.08.